The average Bonchev–Trinajstić information content (AvgIpc) is 2.90. The number of nitrogens with zero attached hydrogens (tertiary/aromatic N) is 2. The number of hydrogen-bond acceptors (Lipinski definition) is 5. The molecule has 0 saturated carbocycles. The molecule has 1 aromatic rings. The van der Waals surface area contributed by atoms with E-state index in [1.165, 1.54) is 7.05 Å². The van der Waals surface area contributed by atoms with Crippen LogP contribution in [0.3, 0.4) is 0 Å². The summed E-state index contributed by atoms with van der Waals surface area (Å²) in [6.45, 7) is 2.29. The number of likely N-dealkylation sites (tertiary alicyclic amines) is 1. The molecule has 0 aromatic heterocycles. The number of hydrogen-bond donors (Lipinski definition) is 0. The van der Waals surface area contributed by atoms with Gasteiger partial charge in [-0.1, -0.05) is 0 Å². The predicted octanol–water partition coefficient (Wildman–Crippen LogP) is 1.08. The van der Waals surface area contributed by atoms with Crippen LogP contribution in [0.5, 0.6) is 5.75 Å². The van der Waals surface area contributed by atoms with E-state index in [9.17, 15) is 9.59 Å². The predicted molar refractivity (Wildman–Crippen MR) is 75.2 cm³/mol. The molecule has 110 valence electrons. The zero-order chi connectivity index (χ0) is 15.2. The Morgan fingerprint density at radius 1 is 1.38 bits per heavy atom. The number of amides is 2. The molecule has 0 bridgehead atoms. The molecule has 1 unspecified atom stereocenters. The number of methoxy groups -OCH3 is 1. The van der Waals surface area contributed by atoms with Crippen molar-refractivity contribution in [3.05, 3.63) is 29.3 Å². The topological polar surface area (TPSA) is 68.2 Å². The van der Waals surface area contributed by atoms with Gasteiger partial charge in [-0.2, -0.15) is 0 Å². The Hall–Kier alpha value is -2.37. The van der Waals surface area contributed by atoms with Gasteiger partial charge in [-0.3, -0.25) is 14.5 Å². The van der Waals surface area contributed by atoms with Gasteiger partial charge in [0.1, 0.15) is 5.75 Å². The first-order valence-corrected chi connectivity index (χ1v) is 6.76. The Morgan fingerprint density at radius 3 is 2.71 bits per heavy atom. The number of carbonyl (C=O) groups excluding carboxylic acids is 2. The summed E-state index contributed by atoms with van der Waals surface area (Å²) in [7, 11) is 3.04. The zero-order valence-electron chi connectivity index (χ0n) is 12.2. The number of ether oxygens (including phenoxy) is 2. The molecule has 0 N–H and O–H groups in total. The Morgan fingerprint density at radius 2 is 2.14 bits per heavy atom. The number of likely N-dealkylation sites (N-methyl/N-ethyl adjacent to an activating group) is 1. The maximum Gasteiger partial charge on any atom is 0.262 e. The number of carbonyl (C=O) groups is 2. The molecule has 2 aliphatic rings. The Bertz CT molecular complexity index is 668. The van der Waals surface area contributed by atoms with Gasteiger partial charge in [0.05, 0.1) is 20.1 Å². The van der Waals surface area contributed by atoms with Crippen molar-refractivity contribution in [3.63, 3.8) is 0 Å². The van der Waals surface area contributed by atoms with Crippen LogP contribution in [0.2, 0.25) is 0 Å². The van der Waals surface area contributed by atoms with Crippen LogP contribution in [0.25, 0.3) is 0 Å². The van der Waals surface area contributed by atoms with Crippen molar-refractivity contribution in [1.82, 2.24) is 4.90 Å². The summed E-state index contributed by atoms with van der Waals surface area (Å²) in [5.74, 6) is 0.467. The molecule has 2 amide bonds. The van der Waals surface area contributed by atoms with Crippen LogP contribution in [0.1, 0.15) is 24.5 Å². The smallest absolute Gasteiger partial charge is 0.262 e. The summed E-state index contributed by atoms with van der Waals surface area (Å²) in [6.07, 6.45) is 0.0269. The lowest BCUT2D eigenvalue weighted by atomic mass is 9.88. The molecule has 3 rings (SSSR count). The summed E-state index contributed by atoms with van der Waals surface area (Å²) in [5, 5.41) is 0. The van der Waals surface area contributed by atoms with E-state index in [1.807, 2.05) is 13.0 Å². The number of benzene rings is 1. The molecule has 21 heavy (non-hydrogen) atoms. The third kappa shape index (κ3) is 1.75. The van der Waals surface area contributed by atoms with Crippen molar-refractivity contribution in [2.45, 2.75) is 18.9 Å². The van der Waals surface area contributed by atoms with E-state index in [0.29, 0.717) is 23.8 Å². The van der Waals surface area contributed by atoms with Crippen molar-refractivity contribution in [1.29, 1.82) is 0 Å². The maximum atomic E-state index is 12.6. The van der Waals surface area contributed by atoms with E-state index >= 15 is 0 Å². The third-order valence-electron chi connectivity index (χ3n) is 3.92. The molecule has 0 aliphatic carbocycles. The fourth-order valence-electron chi connectivity index (χ4n) is 2.82. The summed E-state index contributed by atoms with van der Waals surface area (Å²) >= 11 is 0. The molecule has 1 spiro atoms. The zero-order valence-corrected chi connectivity index (χ0v) is 12.2. The molecule has 0 radical (unpaired) electrons. The second-order valence-corrected chi connectivity index (χ2v) is 5.06. The molecule has 2 aliphatic heterocycles. The molecule has 1 saturated heterocycles. The van der Waals surface area contributed by atoms with Gasteiger partial charge in [0, 0.05) is 18.2 Å². The van der Waals surface area contributed by atoms with Crippen molar-refractivity contribution >= 4 is 17.7 Å². The van der Waals surface area contributed by atoms with Gasteiger partial charge >= 0.3 is 0 Å². The SMILES string of the molecule is CCOC1=NC2(CC(=O)N(C)C2=O)c2cc(OC)ccc21. The first-order chi connectivity index (χ1) is 10.0. The Labute approximate surface area is 122 Å². The van der Waals surface area contributed by atoms with Crippen LogP contribution >= 0.6 is 0 Å². The largest absolute Gasteiger partial charge is 0.497 e. The molecular formula is C15H16N2O4. The molecule has 1 atom stereocenters. The lowest BCUT2D eigenvalue weighted by molar-refractivity contribution is -0.138. The molecule has 1 aromatic carbocycles. The van der Waals surface area contributed by atoms with Crippen molar-refractivity contribution in [3.8, 4) is 5.75 Å². The second kappa shape index (κ2) is 4.58. The summed E-state index contributed by atoms with van der Waals surface area (Å²) in [6, 6.07) is 5.36. The molecule has 6 nitrogen and oxygen atoms in total. The van der Waals surface area contributed by atoms with E-state index in [2.05, 4.69) is 4.99 Å². The van der Waals surface area contributed by atoms with Gasteiger partial charge in [-0.05, 0) is 25.1 Å². The summed E-state index contributed by atoms with van der Waals surface area (Å²) in [5.41, 5.74) is 0.224. The number of rotatable bonds is 2. The van der Waals surface area contributed by atoms with Crippen LogP contribution in [-0.2, 0) is 19.9 Å². The highest BCUT2D eigenvalue weighted by Gasteiger charge is 2.56. The van der Waals surface area contributed by atoms with E-state index in [4.69, 9.17) is 9.47 Å². The normalized spacial score (nSPS) is 23.6. The number of fused-ring (bicyclic) bond motifs is 2. The van der Waals surface area contributed by atoms with Crippen molar-refractivity contribution in [2.24, 2.45) is 4.99 Å². The van der Waals surface area contributed by atoms with E-state index < -0.39 is 5.54 Å². The lowest BCUT2D eigenvalue weighted by Gasteiger charge is -2.18. The van der Waals surface area contributed by atoms with E-state index in [-0.39, 0.29) is 18.2 Å². The van der Waals surface area contributed by atoms with Gasteiger partial charge in [-0.25, -0.2) is 4.99 Å². The molecule has 6 heteroatoms. The van der Waals surface area contributed by atoms with Crippen LogP contribution in [0.15, 0.2) is 23.2 Å². The highest BCUT2D eigenvalue weighted by Crippen LogP contribution is 2.45. The summed E-state index contributed by atoms with van der Waals surface area (Å²) in [4.78, 5) is 30.1. The van der Waals surface area contributed by atoms with Crippen molar-refractivity contribution < 1.29 is 19.1 Å². The molecule has 2 heterocycles. The van der Waals surface area contributed by atoms with Crippen LogP contribution in [-0.4, -0.2) is 43.4 Å². The minimum atomic E-state index is -1.19. The van der Waals surface area contributed by atoms with Crippen LogP contribution < -0.4 is 4.74 Å². The highest BCUT2D eigenvalue weighted by atomic mass is 16.5. The quantitative estimate of drug-likeness (QED) is 0.764. The monoisotopic (exact) mass is 288 g/mol. The van der Waals surface area contributed by atoms with E-state index in [0.717, 1.165) is 10.5 Å². The lowest BCUT2D eigenvalue weighted by Crippen LogP contribution is -2.34. The second-order valence-electron chi connectivity index (χ2n) is 5.06. The summed E-state index contributed by atoms with van der Waals surface area (Å²) < 4.78 is 10.8. The molecule has 1 fully saturated rings. The highest BCUT2D eigenvalue weighted by molar-refractivity contribution is 6.14. The standard InChI is InChI=1S/C15H16N2O4/c1-4-21-13-10-6-5-9(20-3)7-11(10)15(16-13)8-12(18)17(2)14(15)19/h5-7H,4,8H2,1-3H3. The van der Waals surface area contributed by atoms with Crippen LogP contribution in [0, 0.1) is 0 Å². The third-order valence-corrected chi connectivity index (χ3v) is 3.92. The van der Waals surface area contributed by atoms with Gasteiger partial charge in [0.2, 0.25) is 11.8 Å². The first-order valence-electron chi connectivity index (χ1n) is 6.76. The fraction of sp³-hybridized carbons (Fsp3) is 0.400. The van der Waals surface area contributed by atoms with Gasteiger partial charge < -0.3 is 9.47 Å². The maximum absolute atomic E-state index is 12.6. The van der Waals surface area contributed by atoms with Gasteiger partial charge in [-0.15, -0.1) is 0 Å². The Kier molecular flexibility index (Phi) is 2.97. The van der Waals surface area contributed by atoms with E-state index in [1.54, 1.807) is 19.2 Å². The fourth-order valence-corrected chi connectivity index (χ4v) is 2.82. The van der Waals surface area contributed by atoms with Gasteiger partial charge in [0.15, 0.2) is 5.54 Å². The minimum absolute atomic E-state index is 0.0269. The van der Waals surface area contributed by atoms with Gasteiger partial charge in [0.25, 0.3) is 5.91 Å². The number of aliphatic imine (C=N–C) groups is 1. The first kappa shape index (κ1) is 13.6. The number of imide groups is 1. The average molecular weight is 288 g/mol. The minimum Gasteiger partial charge on any atom is -0.497 e. The Balaban J connectivity index is 2.20. The molecular weight excluding hydrogens is 272 g/mol. The van der Waals surface area contributed by atoms with Crippen LogP contribution in [0.4, 0.5) is 0 Å². The van der Waals surface area contributed by atoms with Crippen molar-refractivity contribution in [2.75, 3.05) is 20.8 Å².